The SMILES string of the molecule is CCN(C)/C=N/c1cc(Br)c(O[C@@H]2CC[C@H](C)C2)nc1C. The smallest absolute Gasteiger partial charge is 0.228 e. The number of hydrogen-bond donors (Lipinski definition) is 0. The average molecular weight is 354 g/mol. The molecule has 1 saturated carbocycles. The Kier molecular flexibility index (Phi) is 5.62. The summed E-state index contributed by atoms with van der Waals surface area (Å²) in [5.74, 6) is 1.44. The first-order valence-corrected chi connectivity index (χ1v) is 8.37. The van der Waals surface area contributed by atoms with E-state index in [0.717, 1.165) is 41.2 Å². The third-order valence-corrected chi connectivity index (χ3v) is 4.49. The lowest BCUT2D eigenvalue weighted by Gasteiger charge is -2.15. The summed E-state index contributed by atoms with van der Waals surface area (Å²) >= 11 is 3.55. The summed E-state index contributed by atoms with van der Waals surface area (Å²) in [5, 5.41) is 0. The predicted octanol–water partition coefficient (Wildman–Crippen LogP) is 4.33. The molecule has 21 heavy (non-hydrogen) atoms. The number of ether oxygens (including phenoxy) is 1. The molecule has 116 valence electrons. The van der Waals surface area contributed by atoms with Gasteiger partial charge in [-0.2, -0.15) is 0 Å². The van der Waals surface area contributed by atoms with Gasteiger partial charge >= 0.3 is 0 Å². The molecular weight excluding hydrogens is 330 g/mol. The zero-order valence-electron chi connectivity index (χ0n) is 13.3. The molecule has 0 aromatic carbocycles. The highest BCUT2D eigenvalue weighted by Gasteiger charge is 2.24. The number of aliphatic imine (C=N–C) groups is 1. The van der Waals surface area contributed by atoms with Gasteiger partial charge < -0.3 is 9.64 Å². The summed E-state index contributed by atoms with van der Waals surface area (Å²) in [4.78, 5) is 11.1. The van der Waals surface area contributed by atoms with E-state index in [1.165, 1.54) is 6.42 Å². The van der Waals surface area contributed by atoms with E-state index in [1.54, 1.807) is 0 Å². The van der Waals surface area contributed by atoms with Crippen molar-refractivity contribution in [3.63, 3.8) is 0 Å². The fraction of sp³-hybridized carbons (Fsp3) is 0.625. The van der Waals surface area contributed by atoms with Crippen LogP contribution < -0.4 is 4.74 Å². The summed E-state index contributed by atoms with van der Waals surface area (Å²) in [6.45, 7) is 7.26. The molecule has 0 amide bonds. The number of rotatable bonds is 5. The summed E-state index contributed by atoms with van der Waals surface area (Å²) < 4.78 is 6.91. The van der Waals surface area contributed by atoms with Gasteiger partial charge in [0.1, 0.15) is 6.10 Å². The van der Waals surface area contributed by atoms with Crippen LogP contribution in [0, 0.1) is 12.8 Å². The number of nitrogens with zero attached hydrogens (tertiary/aromatic N) is 3. The van der Waals surface area contributed by atoms with Crippen LogP contribution in [0.3, 0.4) is 0 Å². The Morgan fingerprint density at radius 2 is 2.29 bits per heavy atom. The van der Waals surface area contributed by atoms with E-state index in [1.807, 2.05) is 31.3 Å². The molecular formula is C16H24BrN3O. The van der Waals surface area contributed by atoms with Crippen LogP contribution in [0.15, 0.2) is 15.5 Å². The summed E-state index contributed by atoms with van der Waals surface area (Å²) in [6, 6.07) is 1.98. The van der Waals surface area contributed by atoms with Gasteiger partial charge in [0.25, 0.3) is 0 Å². The maximum atomic E-state index is 6.04. The zero-order valence-corrected chi connectivity index (χ0v) is 14.9. The summed E-state index contributed by atoms with van der Waals surface area (Å²) in [5.41, 5.74) is 1.76. The zero-order chi connectivity index (χ0) is 15.4. The Morgan fingerprint density at radius 3 is 2.90 bits per heavy atom. The summed E-state index contributed by atoms with van der Waals surface area (Å²) in [6.07, 6.45) is 5.61. The molecule has 0 bridgehead atoms. The molecule has 0 unspecified atom stereocenters. The third kappa shape index (κ3) is 4.43. The largest absolute Gasteiger partial charge is 0.474 e. The molecule has 5 heteroatoms. The Morgan fingerprint density at radius 1 is 1.52 bits per heavy atom. The first-order valence-electron chi connectivity index (χ1n) is 7.57. The molecule has 1 aromatic rings. The molecule has 0 aliphatic heterocycles. The van der Waals surface area contributed by atoms with Gasteiger partial charge in [0.15, 0.2) is 0 Å². The molecule has 1 aromatic heterocycles. The van der Waals surface area contributed by atoms with Crippen LogP contribution >= 0.6 is 15.9 Å². The van der Waals surface area contributed by atoms with Crippen molar-refractivity contribution in [1.29, 1.82) is 0 Å². The van der Waals surface area contributed by atoms with E-state index in [-0.39, 0.29) is 0 Å². The first-order chi connectivity index (χ1) is 9.99. The number of hydrogen-bond acceptors (Lipinski definition) is 3. The molecule has 0 saturated heterocycles. The fourth-order valence-electron chi connectivity index (χ4n) is 2.42. The molecule has 1 fully saturated rings. The van der Waals surface area contributed by atoms with Gasteiger partial charge in [-0.1, -0.05) is 6.92 Å². The Hall–Kier alpha value is -1.10. The van der Waals surface area contributed by atoms with Crippen LogP contribution in [0.5, 0.6) is 5.88 Å². The van der Waals surface area contributed by atoms with Crippen molar-refractivity contribution in [1.82, 2.24) is 9.88 Å². The Labute approximate surface area is 135 Å². The minimum atomic E-state index is 0.295. The van der Waals surface area contributed by atoms with Gasteiger partial charge in [-0.3, -0.25) is 0 Å². The molecule has 2 atom stereocenters. The van der Waals surface area contributed by atoms with Crippen LogP contribution in [0.25, 0.3) is 0 Å². The van der Waals surface area contributed by atoms with Crippen LogP contribution in [0.1, 0.15) is 38.8 Å². The van der Waals surface area contributed by atoms with Gasteiger partial charge in [-0.15, -0.1) is 0 Å². The average Bonchev–Trinajstić information content (AvgIpc) is 2.86. The van der Waals surface area contributed by atoms with Crippen molar-refractivity contribution < 1.29 is 4.74 Å². The van der Waals surface area contributed by atoms with Crippen molar-refractivity contribution >= 4 is 28.0 Å². The second kappa shape index (κ2) is 7.25. The van der Waals surface area contributed by atoms with Gasteiger partial charge in [-0.25, -0.2) is 9.98 Å². The van der Waals surface area contributed by atoms with Gasteiger partial charge in [0.2, 0.25) is 5.88 Å². The van der Waals surface area contributed by atoms with Crippen molar-refractivity contribution in [3.8, 4) is 5.88 Å². The van der Waals surface area contributed by atoms with Crippen molar-refractivity contribution in [3.05, 3.63) is 16.2 Å². The van der Waals surface area contributed by atoms with E-state index >= 15 is 0 Å². The molecule has 2 rings (SSSR count). The van der Waals surface area contributed by atoms with Crippen LogP contribution in [-0.2, 0) is 0 Å². The van der Waals surface area contributed by atoms with E-state index in [2.05, 4.69) is 39.8 Å². The monoisotopic (exact) mass is 353 g/mol. The second-order valence-corrected chi connectivity index (χ2v) is 6.71. The lowest BCUT2D eigenvalue weighted by molar-refractivity contribution is 0.195. The van der Waals surface area contributed by atoms with E-state index < -0.39 is 0 Å². The Balaban J connectivity index is 2.11. The Bertz CT molecular complexity index is 518. The maximum Gasteiger partial charge on any atom is 0.228 e. The van der Waals surface area contributed by atoms with E-state index in [0.29, 0.717) is 12.0 Å². The third-order valence-electron chi connectivity index (χ3n) is 3.93. The molecule has 1 aliphatic carbocycles. The van der Waals surface area contributed by atoms with Crippen LogP contribution in [0.4, 0.5) is 5.69 Å². The van der Waals surface area contributed by atoms with Gasteiger partial charge in [-0.05, 0) is 61.0 Å². The highest BCUT2D eigenvalue weighted by molar-refractivity contribution is 9.10. The lowest BCUT2D eigenvalue weighted by atomic mass is 10.1. The fourth-order valence-corrected chi connectivity index (χ4v) is 2.82. The molecule has 0 spiro atoms. The molecule has 0 radical (unpaired) electrons. The molecule has 4 nitrogen and oxygen atoms in total. The van der Waals surface area contributed by atoms with Crippen LogP contribution in [-0.4, -0.2) is 35.9 Å². The number of aromatic nitrogens is 1. The first kappa shape index (κ1) is 16.3. The van der Waals surface area contributed by atoms with Gasteiger partial charge in [0.05, 0.1) is 22.2 Å². The van der Waals surface area contributed by atoms with Gasteiger partial charge in [0, 0.05) is 13.6 Å². The number of pyridine rings is 1. The maximum absolute atomic E-state index is 6.04. The van der Waals surface area contributed by atoms with Crippen molar-refractivity contribution in [2.45, 2.75) is 46.1 Å². The minimum absolute atomic E-state index is 0.295. The lowest BCUT2D eigenvalue weighted by Crippen LogP contribution is -2.14. The second-order valence-electron chi connectivity index (χ2n) is 5.86. The highest BCUT2D eigenvalue weighted by Crippen LogP contribution is 2.34. The number of halogens is 1. The number of aryl methyl sites for hydroxylation is 1. The highest BCUT2D eigenvalue weighted by atomic mass is 79.9. The quantitative estimate of drug-likeness (QED) is 0.583. The van der Waals surface area contributed by atoms with Crippen molar-refractivity contribution in [2.75, 3.05) is 13.6 Å². The minimum Gasteiger partial charge on any atom is -0.474 e. The molecule has 0 N–H and O–H groups in total. The molecule has 1 heterocycles. The van der Waals surface area contributed by atoms with Crippen LogP contribution in [0.2, 0.25) is 0 Å². The summed E-state index contributed by atoms with van der Waals surface area (Å²) in [7, 11) is 2.00. The normalized spacial score (nSPS) is 22.0. The van der Waals surface area contributed by atoms with Crippen molar-refractivity contribution in [2.24, 2.45) is 10.9 Å². The topological polar surface area (TPSA) is 37.7 Å². The molecule has 1 aliphatic rings. The predicted molar refractivity (Wildman–Crippen MR) is 90.6 cm³/mol. The van der Waals surface area contributed by atoms with E-state index in [4.69, 9.17) is 4.74 Å². The van der Waals surface area contributed by atoms with E-state index in [9.17, 15) is 0 Å². The standard InChI is InChI=1S/C16H24BrN3O/c1-5-20(4)10-18-15-9-14(17)16(19-12(15)3)21-13-7-6-11(2)8-13/h9-11,13H,5-8H2,1-4H3/b18-10+/t11-,13+/m0/s1.